The first kappa shape index (κ1) is 15.4. The summed E-state index contributed by atoms with van der Waals surface area (Å²) in [4.78, 5) is 8.63. The molecule has 1 saturated carbocycles. The van der Waals surface area contributed by atoms with Gasteiger partial charge < -0.3 is 4.90 Å². The lowest BCUT2D eigenvalue weighted by Gasteiger charge is -2.43. The lowest BCUT2D eigenvalue weighted by atomic mass is 10.1. The van der Waals surface area contributed by atoms with Gasteiger partial charge in [-0.05, 0) is 25.0 Å². The molecule has 0 aromatic carbocycles. The molecule has 2 aromatic heterocycles. The highest BCUT2D eigenvalue weighted by Gasteiger charge is 2.51. The lowest BCUT2D eigenvalue weighted by Crippen LogP contribution is -2.55. The zero-order valence-corrected chi connectivity index (χ0v) is 13.1. The van der Waals surface area contributed by atoms with Crippen LogP contribution in [0.15, 0.2) is 30.7 Å². The first-order chi connectivity index (χ1) is 11.5. The molecule has 2 aliphatic rings. The number of hydrogen-bond donors (Lipinski definition) is 1. The zero-order chi connectivity index (χ0) is 16.8. The average molecular weight is 337 g/mol. The maximum atomic E-state index is 12.7. The predicted octanol–water partition coefficient (Wildman–Crippen LogP) is 2.68. The van der Waals surface area contributed by atoms with Gasteiger partial charge in [0.05, 0.1) is 17.3 Å². The molecule has 8 heteroatoms. The van der Waals surface area contributed by atoms with E-state index >= 15 is 0 Å². The van der Waals surface area contributed by atoms with Crippen molar-refractivity contribution in [1.29, 1.82) is 0 Å². The van der Waals surface area contributed by atoms with Crippen LogP contribution in [0.25, 0.3) is 0 Å². The molecule has 3 heterocycles. The SMILES string of the molecule is FC(F)(F)c1ccc(N2CCN(Cc3cn[nH]c3)CC23CC3)nc1. The van der Waals surface area contributed by atoms with Crippen LogP contribution in [0.1, 0.15) is 24.0 Å². The van der Waals surface area contributed by atoms with Crippen molar-refractivity contribution < 1.29 is 13.2 Å². The Morgan fingerprint density at radius 2 is 2.00 bits per heavy atom. The molecule has 1 aliphatic carbocycles. The van der Waals surface area contributed by atoms with E-state index in [0.717, 1.165) is 56.8 Å². The Hall–Kier alpha value is -2.09. The van der Waals surface area contributed by atoms with E-state index in [-0.39, 0.29) is 5.54 Å². The number of rotatable bonds is 3. The maximum absolute atomic E-state index is 12.7. The molecular weight excluding hydrogens is 319 g/mol. The Morgan fingerprint density at radius 3 is 2.58 bits per heavy atom. The minimum absolute atomic E-state index is 0.0226. The number of pyridine rings is 1. The molecule has 0 bridgehead atoms. The number of hydrogen-bond acceptors (Lipinski definition) is 4. The molecule has 1 N–H and O–H groups in total. The molecule has 1 aliphatic heterocycles. The van der Waals surface area contributed by atoms with Crippen LogP contribution >= 0.6 is 0 Å². The molecule has 5 nitrogen and oxygen atoms in total. The predicted molar refractivity (Wildman–Crippen MR) is 82.4 cm³/mol. The van der Waals surface area contributed by atoms with Crippen molar-refractivity contribution in [2.24, 2.45) is 0 Å². The smallest absolute Gasteiger partial charge is 0.348 e. The summed E-state index contributed by atoms with van der Waals surface area (Å²) in [6, 6.07) is 2.62. The molecule has 4 rings (SSSR count). The van der Waals surface area contributed by atoms with Crippen molar-refractivity contribution in [1.82, 2.24) is 20.1 Å². The van der Waals surface area contributed by atoms with E-state index in [0.29, 0.717) is 5.82 Å². The number of nitrogens with one attached hydrogen (secondary N) is 1. The summed E-state index contributed by atoms with van der Waals surface area (Å²) in [6.07, 6.45) is 2.41. The number of piperazine rings is 1. The number of anilines is 1. The summed E-state index contributed by atoms with van der Waals surface area (Å²) < 4.78 is 38.1. The number of nitrogens with zero attached hydrogens (tertiary/aromatic N) is 4. The molecule has 0 radical (unpaired) electrons. The number of aromatic amines is 1. The topological polar surface area (TPSA) is 48.0 Å². The third kappa shape index (κ3) is 2.86. The maximum Gasteiger partial charge on any atom is 0.417 e. The second kappa shape index (κ2) is 5.47. The fraction of sp³-hybridized carbons (Fsp3) is 0.500. The summed E-state index contributed by atoms with van der Waals surface area (Å²) in [7, 11) is 0. The third-order valence-electron chi connectivity index (χ3n) is 4.87. The van der Waals surface area contributed by atoms with Crippen LogP contribution < -0.4 is 4.90 Å². The standard InChI is InChI=1S/C16H18F3N5/c17-16(18,19)13-1-2-14(20-9-13)24-6-5-23(11-15(24)3-4-15)10-12-7-21-22-8-12/h1-2,7-9H,3-6,10-11H2,(H,21,22). The molecule has 0 atom stereocenters. The van der Waals surface area contributed by atoms with Gasteiger partial charge in [0.1, 0.15) is 5.82 Å². The van der Waals surface area contributed by atoms with Crippen LogP contribution in [-0.4, -0.2) is 45.3 Å². The molecule has 0 amide bonds. The monoisotopic (exact) mass is 337 g/mol. The summed E-state index contributed by atoms with van der Waals surface area (Å²) in [5, 5.41) is 6.78. The summed E-state index contributed by atoms with van der Waals surface area (Å²) in [6.45, 7) is 3.37. The van der Waals surface area contributed by atoms with Crippen molar-refractivity contribution in [3.8, 4) is 0 Å². The Balaban J connectivity index is 1.48. The van der Waals surface area contributed by atoms with E-state index in [1.54, 1.807) is 0 Å². The van der Waals surface area contributed by atoms with Gasteiger partial charge in [0.2, 0.25) is 0 Å². The van der Waals surface area contributed by atoms with Gasteiger partial charge in [0.15, 0.2) is 0 Å². The molecule has 2 aromatic rings. The highest BCUT2D eigenvalue weighted by Crippen LogP contribution is 2.46. The largest absolute Gasteiger partial charge is 0.417 e. The van der Waals surface area contributed by atoms with Crippen molar-refractivity contribution in [2.45, 2.75) is 31.1 Å². The zero-order valence-electron chi connectivity index (χ0n) is 13.1. The average Bonchev–Trinajstić information content (AvgIpc) is 3.09. The van der Waals surface area contributed by atoms with Gasteiger partial charge in [0.25, 0.3) is 0 Å². The van der Waals surface area contributed by atoms with E-state index in [1.807, 2.05) is 12.4 Å². The molecule has 1 spiro atoms. The lowest BCUT2D eigenvalue weighted by molar-refractivity contribution is -0.137. The highest BCUT2D eigenvalue weighted by atomic mass is 19.4. The summed E-state index contributed by atoms with van der Waals surface area (Å²) >= 11 is 0. The number of alkyl halides is 3. The summed E-state index contributed by atoms with van der Waals surface area (Å²) in [5.74, 6) is 0.642. The van der Waals surface area contributed by atoms with E-state index in [2.05, 4.69) is 25.0 Å². The van der Waals surface area contributed by atoms with E-state index in [9.17, 15) is 13.2 Å². The van der Waals surface area contributed by atoms with Crippen molar-refractivity contribution in [3.05, 3.63) is 41.9 Å². The Bertz CT molecular complexity index is 692. The van der Waals surface area contributed by atoms with Crippen LogP contribution in [0.4, 0.5) is 19.0 Å². The van der Waals surface area contributed by atoms with Crippen LogP contribution in [0.2, 0.25) is 0 Å². The second-order valence-electron chi connectivity index (χ2n) is 6.60. The number of aromatic nitrogens is 3. The molecule has 1 saturated heterocycles. The molecular formula is C16H18F3N5. The van der Waals surface area contributed by atoms with E-state index in [1.165, 1.54) is 6.07 Å². The number of halogens is 3. The second-order valence-corrected chi connectivity index (χ2v) is 6.60. The van der Waals surface area contributed by atoms with Gasteiger partial charge in [-0.1, -0.05) is 0 Å². The fourth-order valence-corrected chi connectivity index (χ4v) is 3.46. The molecule has 24 heavy (non-hydrogen) atoms. The summed E-state index contributed by atoms with van der Waals surface area (Å²) in [5.41, 5.74) is 0.468. The van der Waals surface area contributed by atoms with Crippen molar-refractivity contribution in [2.75, 3.05) is 24.5 Å². The van der Waals surface area contributed by atoms with Gasteiger partial charge in [0, 0.05) is 44.1 Å². The third-order valence-corrected chi connectivity index (χ3v) is 4.87. The molecule has 128 valence electrons. The minimum atomic E-state index is -4.34. The van der Waals surface area contributed by atoms with Gasteiger partial charge >= 0.3 is 6.18 Å². The van der Waals surface area contributed by atoms with Gasteiger partial charge in [-0.3, -0.25) is 10.00 Å². The Kier molecular flexibility index (Phi) is 3.52. The van der Waals surface area contributed by atoms with E-state index < -0.39 is 11.7 Å². The first-order valence-corrected chi connectivity index (χ1v) is 7.97. The highest BCUT2D eigenvalue weighted by molar-refractivity contribution is 5.47. The van der Waals surface area contributed by atoms with Gasteiger partial charge in [-0.25, -0.2) is 4.98 Å². The quantitative estimate of drug-likeness (QED) is 0.935. The molecule has 0 unspecified atom stereocenters. The van der Waals surface area contributed by atoms with Gasteiger partial charge in [-0.2, -0.15) is 18.3 Å². The van der Waals surface area contributed by atoms with Crippen LogP contribution in [0.3, 0.4) is 0 Å². The van der Waals surface area contributed by atoms with Gasteiger partial charge in [-0.15, -0.1) is 0 Å². The van der Waals surface area contributed by atoms with Crippen molar-refractivity contribution >= 4 is 5.82 Å². The molecule has 2 fully saturated rings. The normalized spacial score (nSPS) is 20.5. The van der Waals surface area contributed by atoms with Crippen LogP contribution in [0.5, 0.6) is 0 Å². The van der Waals surface area contributed by atoms with E-state index in [4.69, 9.17) is 0 Å². The Morgan fingerprint density at radius 1 is 1.17 bits per heavy atom. The fourth-order valence-electron chi connectivity index (χ4n) is 3.46. The van der Waals surface area contributed by atoms with Crippen LogP contribution in [0, 0.1) is 0 Å². The van der Waals surface area contributed by atoms with Crippen molar-refractivity contribution in [3.63, 3.8) is 0 Å². The Labute approximate surface area is 137 Å². The van der Waals surface area contributed by atoms with Crippen LogP contribution in [-0.2, 0) is 12.7 Å². The number of H-pyrrole nitrogens is 1. The first-order valence-electron chi connectivity index (χ1n) is 7.97. The minimum Gasteiger partial charge on any atom is -0.348 e.